The highest BCUT2D eigenvalue weighted by Gasteiger charge is 2.37. The highest BCUT2D eigenvalue weighted by atomic mass is 79.9. The largest absolute Gasteiger partial charge is 0.355 e. The van der Waals surface area contributed by atoms with Crippen LogP contribution in [0.3, 0.4) is 0 Å². The molecule has 18 aromatic rings. The molecule has 0 amide bonds. The number of halogens is 1. The molecular formula is C96H69BrN8. The molecule has 0 saturated heterocycles. The van der Waals surface area contributed by atoms with Crippen molar-refractivity contribution in [1.82, 2.24) is 39.5 Å². The first-order chi connectivity index (χ1) is 51.4. The Kier molecular flexibility index (Phi) is 16.2. The third kappa shape index (κ3) is 11.9. The lowest BCUT2D eigenvalue weighted by Crippen LogP contribution is -2.14. The Hall–Kier alpha value is -12.8. The molecule has 2 aliphatic carbocycles. The van der Waals surface area contributed by atoms with E-state index in [1.165, 1.54) is 88.1 Å². The van der Waals surface area contributed by atoms with E-state index in [9.17, 15) is 0 Å². The number of nitrogens with one attached hydrogen (secondary N) is 1. The Balaban J connectivity index is 0.000000124. The summed E-state index contributed by atoms with van der Waals surface area (Å²) in [5.41, 5.74) is 27.2. The minimum atomic E-state index is -0.0839. The molecule has 2 aliphatic rings. The number of benzene rings is 14. The zero-order chi connectivity index (χ0) is 70.8. The molecule has 8 nitrogen and oxygen atoms in total. The molecule has 14 aromatic carbocycles. The quantitative estimate of drug-likeness (QED) is 0.155. The Morgan fingerprint density at radius 2 is 0.619 bits per heavy atom. The van der Waals surface area contributed by atoms with E-state index in [0.717, 1.165) is 65.8 Å². The molecule has 9 heteroatoms. The number of aromatic nitrogens is 8. The van der Waals surface area contributed by atoms with Crippen LogP contribution in [0.5, 0.6) is 0 Å². The van der Waals surface area contributed by atoms with E-state index in [4.69, 9.17) is 29.9 Å². The molecule has 0 aliphatic heterocycles. The van der Waals surface area contributed by atoms with Crippen molar-refractivity contribution in [2.45, 2.75) is 38.5 Å². The second-order valence-electron chi connectivity index (χ2n) is 28.0. The molecule has 1 N–H and O–H groups in total. The van der Waals surface area contributed by atoms with Gasteiger partial charge in [-0.05, 0) is 140 Å². The molecule has 4 heterocycles. The lowest BCUT2D eigenvalue weighted by atomic mass is 9.82. The summed E-state index contributed by atoms with van der Waals surface area (Å²) in [6, 6.07) is 119. The van der Waals surface area contributed by atoms with Crippen LogP contribution in [0, 0.1) is 0 Å². The van der Waals surface area contributed by atoms with Gasteiger partial charge in [-0.25, -0.2) is 29.9 Å². The number of hydrogen-bond donors (Lipinski definition) is 1. The van der Waals surface area contributed by atoms with Crippen molar-refractivity contribution >= 4 is 59.5 Å². The van der Waals surface area contributed by atoms with E-state index in [-0.39, 0.29) is 10.8 Å². The van der Waals surface area contributed by atoms with E-state index in [2.05, 4.69) is 247 Å². The number of aromatic amines is 1. The minimum Gasteiger partial charge on any atom is -0.355 e. The van der Waals surface area contributed by atoms with Gasteiger partial charge in [0.2, 0.25) is 0 Å². The van der Waals surface area contributed by atoms with Crippen LogP contribution in [-0.4, -0.2) is 39.5 Å². The van der Waals surface area contributed by atoms with Crippen molar-refractivity contribution in [2.75, 3.05) is 0 Å². The molecule has 20 rings (SSSR count). The first-order valence-electron chi connectivity index (χ1n) is 35.6. The maximum absolute atomic E-state index is 4.99. The average Bonchev–Trinajstić information content (AvgIpc) is 1.55. The summed E-state index contributed by atoms with van der Waals surface area (Å²) in [5, 5.41) is 5.16. The molecule has 105 heavy (non-hydrogen) atoms. The number of fused-ring (bicyclic) bond motifs is 12. The van der Waals surface area contributed by atoms with E-state index < -0.39 is 0 Å². The predicted octanol–water partition coefficient (Wildman–Crippen LogP) is 24.9. The molecule has 0 spiro atoms. The fourth-order valence-corrected chi connectivity index (χ4v) is 15.9. The summed E-state index contributed by atoms with van der Waals surface area (Å²) in [4.78, 5) is 32.8. The highest BCUT2D eigenvalue weighted by Crippen LogP contribution is 2.53. The average molecular weight is 1410 g/mol. The molecule has 0 fully saturated rings. The van der Waals surface area contributed by atoms with Gasteiger partial charge < -0.3 is 9.55 Å². The van der Waals surface area contributed by atoms with Crippen molar-refractivity contribution in [3.05, 3.63) is 366 Å². The van der Waals surface area contributed by atoms with Gasteiger partial charge in [-0.2, -0.15) is 0 Å². The fourth-order valence-electron chi connectivity index (χ4n) is 15.5. The first kappa shape index (κ1) is 64.3. The van der Waals surface area contributed by atoms with Crippen LogP contribution >= 0.6 is 15.9 Å². The van der Waals surface area contributed by atoms with Crippen molar-refractivity contribution < 1.29 is 0 Å². The number of H-pyrrole nitrogens is 1. The van der Waals surface area contributed by atoms with Crippen molar-refractivity contribution in [2.24, 2.45) is 0 Å². The smallest absolute Gasteiger partial charge is 0.164 e. The third-order valence-electron chi connectivity index (χ3n) is 20.8. The fraction of sp³-hybridized carbons (Fsp3) is 0.0625. The summed E-state index contributed by atoms with van der Waals surface area (Å²) in [6.07, 6.45) is 0. The summed E-state index contributed by atoms with van der Waals surface area (Å²) >= 11 is 3.56. The Bertz CT molecular complexity index is 6240. The number of para-hydroxylation sites is 2. The van der Waals surface area contributed by atoms with Gasteiger partial charge in [0, 0.05) is 86.9 Å². The van der Waals surface area contributed by atoms with Gasteiger partial charge in [0.15, 0.2) is 34.9 Å². The summed E-state index contributed by atoms with van der Waals surface area (Å²) in [5.74, 6) is 3.94. The molecule has 4 aromatic heterocycles. The maximum atomic E-state index is 4.99. The van der Waals surface area contributed by atoms with Crippen LogP contribution < -0.4 is 0 Å². The minimum absolute atomic E-state index is 0.0669. The van der Waals surface area contributed by atoms with Crippen molar-refractivity contribution in [1.29, 1.82) is 0 Å². The normalized spacial score (nSPS) is 12.8. The lowest BCUT2D eigenvalue weighted by molar-refractivity contribution is 0.661. The lowest BCUT2D eigenvalue weighted by Gasteiger charge is -2.21. The van der Waals surface area contributed by atoms with Gasteiger partial charge >= 0.3 is 0 Å². The third-order valence-corrected chi connectivity index (χ3v) is 21.3. The van der Waals surface area contributed by atoms with Crippen molar-refractivity contribution in [3.8, 4) is 119 Å². The van der Waals surface area contributed by atoms with Gasteiger partial charge in [-0.1, -0.05) is 311 Å². The van der Waals surface area contributed by atoms with E-state index in [1.54, 1.807) is 0 Å². The van der Waals surface area contributed by atoms with Crippen LogP contribution in [0.25, 0.3) is 162 Å². The second-order valence-corrected chi connectivity index (χ2v) is 28.9. The zero-order valence-corrected chi connectivity index (χ0v) is 59.9. The molecular weight excluding hydrogens is 1350 g/mol. The Labute approximate surface area is 618 Å². The summed E-state index contributed by atoms with van der Waals surface area (Å²) < 4.78 is 3.48. The predicted molar refractivity (Wildman–Crippen MR) is 436 cm³/mol. The SMILES string of the molecule is Brc1cccc(-c2cccc(-c3nc(-c4ccccc4)nc(-c4ccccc4)n3)c2)c1.CC1(C)c2ccccc2-c2cc3c(cc21)[nH]c1ccccc13.CC1(C)c2ccccc2-c2cc3c4ccccc4n(-c4cccc(-c5cccc(-c6nc(-c7ccccc7)nc(-c7ccccc7)n6)c5)c4)c3cc21. The van der Waals surface area contributed by atoms with Crippen LogP contribution in [0.1, 0.15) is 49.9 Å². The van der Waals surface area contributed by atoms with Crippen LogP contribution in [0.4, 0.5) is 0 Å². The second kappa shape index (κ2) is 26.5. The molecule has 0 atom stereocenters. The highest BCUT2D eigenvalue weighted by molar-refractivity contribution is 9.10. The zero-order valence-electron chi connectivity index (χ0n) is 58.3. The molecule has 0 unspecified atom stereocenters. The molecule has 500 valence electrons. The first-order valence-corrected chi connectivity index (χ1v) is 36.4. The molecule has 0 bridgehead atoms. The van der Waals surface area contributed by atoms with Gasteiger partial charge in [0.05, 0.1) is 11.0 Å². The molecule has 0 saturated carbocycles. The van der Waals surface area contributed by atoms with Gasteiger partial charge in [-0.15, -0.1) is 0 Å². The van der Waals surface area contributed by atoms with Gasteiger partial charge in [0.25, 0.3) is 0 Å². The van der Waals surface area contributed by atoms with Gasteiger partial charge in [-0.3, -0.25) is 0 Å². The topological polar surface area (TPSA) is 98.1 Å². The maximum Gasteiger partial charge on any atom is 0.164 e. The standard InChI is InChI=1S/C48H34N4.C27H18BrN3.C21H17N/c1-48(2)41-25-11-9-23-37(41)39-29-40-38-24-10-12-26-43(38)52(44(40)30-42(39)48)36-22-14-20-34(28-36)33-19-13-21-35(27-33)47-50-45(31-15-5-3-6-16-31)49-46(51-47)32-17-7-4-8-18-32;28-24-16-8-14-22(18-24)21-13-7-15-23(17-21)27-30-25(19-9-3-1-4-10-19)29-26(31-27)20-11-5-2-6-12-20;1-21(2)17-9-5-3-7-13(17)15-11-16-14-8-4-6-10-19(14)22-20(16)12-18(15)21/h3-30H,1-2H3;1-18H;3-12,22H,1-2H3. The van der Waals surface area contributed by atoms with Crippen LogP contribution in [0.15, 0.2) is 344 Å². The Morgan fingerprint density at radius 1 is 0.248 bits per heavy atom. The summed E-state index contributed by atoms with van der Waals surface area (Å²) in [6.45, 7) is 9.35. The number of nitrogens with zero attached hydrogens (tertiary/aromatic N) is 7. The van der Waals surface area contributed by atoms with E-state index in [0.29, 0.717) is 34.9 Å². The Morgan fingerprint density at radius 3 is 1.12 bits per heavy atom. The summed E-state index contributed by atoms with van der Waals surface area (Å²) in [7, 11) is 0. The molecule has 0 radical (unpaired) electrons. The van der Waals surface area contributed by atoms with E-state index in [1.807, 2.05) is 146 Å². The van der Waals surface area contributed by atoms with E-state index >= 15 is 0 Å². The van der Waals surface area contributed by atoms with Gasteiger partial charge in [0.1, 0.15) is 0 Å². The van der Waals surface area contributed by atoms with Crippen molar-refractivity contribution in [3.63, 3.8) is 0 Å². The number of rotatable bonds is 9. The van der Waals surface area contributed by atoms with Crippen LogP contribution in [0.2, 0.25) is 0 Å². The number of hydrogen-bond acceptors (Lipinski definition) is 6. The monoisotopic (exact) mass is 1410 g/mol. The van der Waals surface area contributed by atoms with Crippen LogP contribution in [-0.2, 0) is 10.8 Å².